The van der Waals surface area contributed by atoms with Crippen LogP contribution in [0.15, 0.2) is 6.07 Å². The maximum absolute atomic E-state index is 5.76. The fourth-order valence-electron chi connectivity index (χ4n) is 3.13. The van der Waals surface area contributed by atoms with Crippen LogP contribution in [0.5, 0.6) is 0 Å². The molecule has 0 aliphatic heterocycles. The highest BCUT2D eigenvalue weighted by molar-refractivity contribution is 5.10. The van der Waals surface area contributed by atoms with Gasteiger partial charge in [-0.15, -0.1) is 0 Å². The zero-order valence-corrected chi connectivity index (χ0v) is 11.8. The van der Waals surface area contributed by atoms with Gasteiger partial charge < -0.3 is 0 Å². The van der Waals surface area contributed by atoms with Crippen LogP contribution in [0.3, 0.4) is 0 Å². The van der Waals surface area contributed by atoms with E-state index in [1.807, 2.05) is 18.7 Å². The van der Waals surface area contributed by atoms with Crippen LogP contribution in [0.1, 0.15) is 44.0 Å². The quantitative estimate of drug-likeness (QED) is 0.634. The first-order valence-corrected chi connectivity index (χ1v) is 7.05. The van der Waals surface area contributed by atoms with E-state index in [4.69, 9.17) is 5.84 Å². The SMILES string of the molecule is Cc1cc(CC(NN)C2CCC(C)CC2)n(C)n1. The molecule has 1 aliphatic carbocycles. The topological polar surface area (TPSA) is 55.9 Å². The van der Waals surface area contributed by atoms with Crippen molar-refractivity contribution in [3.8, 4) is 0 Å². The predicted molar refractivity (Wildman–Crippen MR) is 73.9 cm³/mol. The number of aryl methyl sites for hydroxylation is 2. The normalized spacial score (nSPS) is 26.2. The molecule has 1 saturated carbocycles. The molecule has 1 aromatic rings. The lowest BCUT2D eigenvalue weighted by molar-refractivity contribution is 0.228. The molecule has 1 atom stereocenters. The molecule has 1 unspecified atom stereocenters. The Hall–Kier alpha value is -0.870. The van der Waals surface area contributed by atoms with E-state index in [-0.39, 0.29) is 0 Å². The van der Waals surface area contributed by atoms with E-state index >= 15 is 0 Å². The van der Waals surface area contributed by atoms with Gasteiger partial charge in [-0.3, -0.25) is 16.0 Å². The second-order valence-corrected chi connectivity index (χ2v) is 5.90. The van der Waals surface area contributed by atoms with Crippen LogP contribution >= 0.6 is 0 Å². The maximum atomic E-state index is 5.76. The minimum Gasteiger partial charge on any atom is -0.272 e. The van der Waals surface area contributed by atoms with Crippen LogP contribution in [-0.4, -0.2) is 15.8 Å². The molecule has 0 spiro atoms. The van der Waals surface area contributed by atoms with E-state index in [2.05, 4.69) is 23.5 Å². The van der Waals surface area contributed by atoms with Crippen molar-refractivity contribution >= 4 is 0 Å². The highest BCUT2D eigenvalue weighted by Crippen LogP contribution is 2.31. The van der Waals surface area contributed by atoms with E-state index in [9.17, 15) is 0 Å². The van der Waals surface area contributed by atoms with Gasteiger partial charge in [0.1, 0.15) is 0 Å². The summed E-state index contributed by atoms with van der Waals surface area (Å²) in [5.41, 5.74) is 5.39. The molecule has 1 aromatic heterocycles. The molecule has 4 heteroatoms. The minimum atomic E-state index is 0.382. The monoisotopic (exact) mass is 250 g/mol. The number of nitrogens with zero attached hydrogens (tertiary/aromatic N) is 2. The molecular weight excluding hydrogens is 224 g/mol. The van der Waals surface area contributed by atoms with E-state index in [0.29, 0.717) is 12.0 Å². The van der Waals surface area contributed by atoms with Crippen LogP contribution in [-0.2, 0) is 13.5 Å². The third kappa shape index (κ3) is 3.12. The summed E-state index contributed by atoms with van der Waals surface area (Å²) in [7, 11) is 2.01. The molecule has 0 radical (unpaired) electrons. The van der Waals surface area contributed by atoms with Crippen molar-refractivity contribution in [2.24, 2.45) is 24.7 Å². The Kier molecular flexibility index (Phi) is 4.40. The molecule has 0 aromatic carbocycles. The Labute approximate surface area is 110 Å². The second-order valence-electron chi connectivity index (χ2n) is 5.90. The second kappa shape index (κ2) is 5.85. The van der Waals surface area contributed by atoms with E-state index in [1.165, 1.54) is 31.4 Å². The number of nitrogens with two attached hydrogens (primary N) is 1. The van der Waals surface area contributed by atoms with Crippen LogP contribution in [0.4, 0.5) is 0 Å². The van der Waals surface area contributed by atoms with Crippen molar-refractivity contribution in [3.05, 3.63) is 17.5 Å². The molecule has 0 amide bonds. The number of nitrogens with one attached hydrogen (secondary N) is 1. The van der Waals surface area contributed by atoms with Gasteiger partial charge in [-0.1, -0.05) is 19.8 Å². The number of hydrogen-bond donors (Lipinski definition) is 2. The molecule has 0 bridgehead atoms. The molecule has 1 fully saturated rings. The Morgan fingerprint density at radius 3 is 2.61 bits per heavy atom. The number of aromatic nitrogens is 2. The molecule has 2 rings (SSSR count). The summed E-state index contributed by atoms with van der Waals surface area (Å²) in [6.45, 7) is 4.39. The number of rotatable bonds is 4. The molecule has 18 heavy (non-hydrogen) atoms. The highest BCUT2D eigenvalue weighted by atomic mass is 15.3. The summed E-state index contributed by atoms with van der Waals surface area (Å²) in [5, 5.41) is 4.40. The van der Waals surface area contributed by atoms with E-state index in [1.54, 1.807) is 0 Å². The Bertz CT molecular complexity index is 377. The summed E-state index contributed by atoms with van der Waals surface area (Å²) < 4.78 is 1.98. The van der Waals surface area contributed by atoms with Crippen molar-refractivity contribution in [2.75, 3.05) is 0 Å². The lowest BCUT2D eigenvalue weighted by atomic mass is 9.78. The van der Waals surface area contributed by atoms with Gasteiger partial charge >= 0.3 is 0 Å². The summed E-state index contributed by atoms with van der Waals surface area (Å²) in [5.74, 6) is 7.36. The summed E-state index contributed by atoms with van der Waals surface area (Å²) in [6, 6.07) is 2.54. The fraction of sp³-hybridized carbons (Fsp3) is 0.786. The molecule has 4 nitrogen and oxygen atoms in total. The van der Waals surface area contributed by atoms with Crippen LogP contribution in [0, 0.1) is 18.8 Å². The molecule has 0 saturated heterocycles. The van der Waals surface area contributed by atoms with Gasteiger partial charge in [-0.05, 0) is 37.7 Å². The van der Waals surface area contributed by atoms with Gasteiger partial charge in [-0.25, -0.2) is 0 Å². The standard InChI is InChI=1S/C14H26N4/c1-10-4-6-12(7-5-10)14(16-15)9-13-8-11(2)17-18(13)3/h8,10,12,14,16H,4-7,9,15H2,1-3H3. The van der Waals surface area contributed by atoms with Gasteiger partial charge in [0.2, 0.25) is 0 Å². The first kappa shape index (κ1) is 13.6. The first-order valence-electron chi connectivity index (χ1n) is 7.05. The molecular formula is C14H26N4. The van der Waals surface area contributed by atoms with Crippen LogP contribution in [0.2, 0.25) is 0 Å². The van der Waals surface area contributed by atoms with Crippen molar-refractivity contribution in [1.29, 1.82) is 0 Å². The average Bonchev–Trinajstić information content (AvgIpc) is 2.66. The van der Waals surface area contributed by atoms with Gasteiger partial charge in [0.05, 0.1) is 5.69 Å². The smallest absolute Gasteiger partial charge is 0.0596 e. The van der Waals surface area contributed by atoms with E-state index < -0.39 is 0 Å². The maximum Gasteiger partial charge on any atom is 0.0596 e. The van der Waals surface area contributed by atoms with Gasteiger partial charge in [0.25, 0.3) is 0 Å². The summed E-state index contributed by atoms with van der Waals surface area (Å²) in [4.78, 5) is 0. The van der Waals surface area contributed by atoms with Crippen LogP contribution in [0.25, 0.3) is 0 Å². The molecule has 102 valence electrons. The van der Waals surface area contributed by atoms with Crippen molar-refractivity contribution in [3.63, 3.8) is 0 Å². The number of hydrazine groups is 1. The lowest BCUT2D eigenvalue weighted by Crippen LogP contribution is -2.44. The zero-order valence-electron chi connectivity index (χ0n) is 11.8. The molecule has 1 aliphatic rings. The molecule has 3 N–H and O–H groups in total. The largest absolute Gasteiger partial charge is 0.272 e. The summed E-state index contributed by atoms with van der Waals surface area (Å²) >= 11 is 0. The van der Waals surface area contributed by atoms with Gasteiger partial charge in [-0.2, -0.15) is 5.10 Å². The van der Waals surface area contributed by atoms with E-state index in [0.717, 1.165) is 18.0 Å². The fourth-order valence-corrected chi connectivity index (χ4v) is 3.13. The zero-order chi connectivity index (χ0) is 13.1. The Balaban J connectivity index is 1.99. The minimum absolute atomic E-state index is 0.382. The molecule has 1 heterocycles. The predicted octanol–water partition coefficient (Wildman–Crippen LogP) is 1.93. The third-order valence-electron chi connectivity index (χ3n) is 4.37. The Morgan fingerprint density at radius 2 is 2.11 bits per heavy atom. The van der Waals surface area contributed by atoms with Gasteiger partial charge in [0, 0.05) is 25.2 Å². The van der Waals surface area contributed by atoms with Crippen molar-refractivity contribution in [1.82, 2.24) is 15.2 Å². The van der Waals surface area contributed by atoms with Crippen molar-refractivity contribution < 1.29 is 0 Å². The number of hydrogen-bond acceptors (Lipinski definition) is 3. The average molecular weight is 250 g/mol. The Morgan fingerprint density at radius 1 is 1.44 bits per heavy atom. The summed E-state index contributed by atoms with van der Waals surface area (Å²) in [6.07, 6.45) is 6.26. The third-order valence-corrected chi connectivity index (χ3v) is 4.37. The first-order chi connectivity index (χ1) is 8.60. The van der Waals surface area contributed by atoms with Crippen LogP contribution < -0.4 is 11.3 Å². The van der Waals surface area contributed by atoms with Gasteiger partial charge in [0.15, 0.2) is 0 Å². The van der Waals surface area contributed by atoms with Crippen molar-refractivity contribution in [2.45, 2.75) is 52.0 Å². The highest BCUT2D eigenvalue weighted by Gasteiger charge is 2.26. The lowest BCUT2D eigenvalue weighted by Gasteiger charge is -2.32.